The summed E-state index contributed by atoms with van der Waals surface area (Å²) in [7, 11) is 0. The molecule has 1 aliphatic carbocycles. The first-order valence-corrected chi connectivity index (χ1v) is 5.68. The highest BCUT2D eigenvalue weighted by Gasteiger charge is 2.50. The lowest BCUT2D eigenvalue weighted by Crippen LogP contribution is -3.00. The van der Waals surface area contributed by atoms with Crippen LogP contribution in [-0.4, -0.2) is 17.4 Å². The Balaban J connectivity index is 0.00000144. The van der Waals surface area contributed by atoms with E-state index in [-0.39, 0.29) is 24.3 Å². The summed E-state index contributed by atoms with van der Waals surface area (Å²) in [5.41, 5.74) is 5.21. The molecule has 1 aliphatic heterocycles. The van der Waals surface area contributed by atoms with Gasteiger partial charge in [0.15, 0.2) is 5.92 Å². The Labute approximate surface area is 107 Å². The van der Waals surface area contributed by atoms with Crippen LogP contribution in [0.1, 0.15) is 32.6 Å². The Bertz CT molecular complexity index is 379. The van der Waals surface area contributed by atoms with E-state index >= 15 is 0 Å². The number of nitrogens with two attached hydrogens (primary N) is 1. The number of nitrogens with zero attached hydrogens (tertiary/aromatic N) is 1. The fraction of sp³-hybridized carbons (Fsp3) is 0.727. The summed E-state index contributed by atoms with van der Waals surface area (Å²) in [6, 6.07) is 2.11. The Hall–Kier alpha value is -1.28. The third-order valence-corrected chi connectivity index (χ3v) is 3.75. The normalized spacial score (nSPS) is 36.5. The first-order valence-electron chi connectivity index (χ1n) is 5.68. The molecule has 1 unspecified atom stereocenters. The standard InChI is InChI=1S/C11H16N4O.ClH/c1-7-2-4-11(5-3-7)8(6-12)9(16)14-10(13)15-11;/h7-8H,2-5H2,1H3,(H3,13,14,15,16);1H. The second kappa shape index (κ2) is 4.92. The van der Waals surface area contributed by atoms with Gasteiger partial charge in [0.1, 0.15) is 5.54 Å². The monoisotopic (exact) mass is 256 g/mol. The topological polar surface area (TPSA) is 92.9 Å². The van der Waals surface area contributed by atoms with E-state index in [9.17, 15) is 4.79 Å². The van der Waals surface area contributed by atoms with Gasteiger partial charge >= 0.3 is 11.9 Å². The quantitative estimate of drug-likeness (QED) is 0.409. The molecule has 0 aromatic heterocycles. The van der Waals surface area contributed by atoms with Crippen LogP contribution in [0.4, 0.5) is 0 Å². The van der Waals surface area contributed by atoms with Gasteiger partial charge in [-0.1, -0.05) is 6.92 Å². The Morgan fingerprint density at radius 1 is 1.53 bits per heavy atom. The molecule has 6 heteroatoms. The Kier molecular flexibility index (Phi) is 3.99. The molecule has 1 spiro atoms. The molecule has 17 heavy (non-hydrogen) atoms. The maximum atomic E-state index is 11.7. The first-order chi connectivity index (χ1) is 7.57. The summed E-state index contributed by atoms with van der Waals surface area (Å²) in [6.07, 6.45) is 3.73. The number of guanidine groups is 1. The zero-order valence-electron chi connectivity index (χ0n) is 9.79. The summed E-state index contributed by atoms with van der Waals surface area (Å²) in [5, 5.41) is 11.6. The Morgan fingerprint density at radius 2 is 2.12 bits per heavy atom. The fourth-order valence-electron chi connectivity index (χ4n) is 2.70. The molecule has 1 atom stereocenters. The minimum Gasteiger partial charge on any atom is -1.00 e. The van der Waals surface area contributed by atoms with E-state index in [4.69, 9.17) is 11.0 Å². The maximum absolute atomic E-state index is 11.7. The van der Waals surface area contributed by atoms with Crippen molar-refractivity contribution in [2.45, 2.75) is 38.1 Å². The van der Waals surface area contributed by atoms with Crippen molar-refractivity contribution in [3.05, 3.63) is 0 Å². The average Bonchev–Trinajstić information content (AvgIpc) is 2.22. The van der Waals surface area contributed by atoms with E-state index < -0.39 is 11.5 Å². The molecule has 5 nitrogen and oxygen atoms in total. The van der Waals surface area contributed by atoms with Crippen LogP contribution in [0.2, 0.25) is 0 Å². The van der Waals surface area contributed by atoms with Gasteiger partial charge in [0.2, 0.25) is 0 Å². The molecular weight excluding hydrogens is 240 g/mol. The third kappa shape index (κ3) is 2.37. The molecule has 1 heterocycles. The first kappa shape index (κ1) is 13.8. The second-order valence-corrected chi connectivity index (χ2v) is 4.93. The lowest BCUT2D eigenvalue weighted by Gasteiger charge is -2.38. The molecule has 1 amide bonds. The van der Waals surface area contributed by atoms with Gasteiger partial charge in [-0.25, -0.2) is 5.32 Å². The van der Waals surface area contributed by atoms with Gasteiger partial charge in [0.05, 0.1) is 6.07 Å². The summed E-state index contributed by atoms with van der Waals surface area (Å²) < 4.78 is 0. The summed E-state index contributed by atoms with van der Waals surface area (Å²) in [4.78, 5) is 14.8. The molecule has 1 saturated carbocycles. The van der Waals surface area contributed by atoms with Crippen molar-refractivity contribution in [1.29, 1.82) is 5.26 Å². The van der Waals surface area contributed by atoms with Gasteiger partial charge in [-0.2, -0.15) is 5.26 Å². The molecule has 2 rings (SSSR count). The summed E-state index contributed by atoms with van der Waals surface area (Å²) in [5.74, 6) is 0.0460. The van der Waals surface area contributed by atoms with Crippen molar-refractivity contribution in [3.63, 3.8) is 0 Å². The predicted octanol–water partition coefficient (Wildman–Crippen LogP) is -4.40. The van der Waals surface area contributed by atoms with E-state index in [0.29, 0.717) is 5.92 Å². The van der Waals surface area contributed by atoms with Crippen LogP contribution in [0.15, 0.2) is 0 Å². The summed E-state index contributed by atoms with van der Waals surface area (Å²) >= 11 is 0. The SMILES string of the molecule is CC1CCC2(CC1)[NH+]=C(N)NC(=O)C2C#N.[Cl-]. The Morgan fingerprint density at radius 3 is 2.65 bits per heavy atom. The molecule has 0 aromatic rings. The zero-order valence-corrected chi connectivity index (χ0v) is 10.5. The number of carbonyl (C=O) groups is 1. The van der Waals surface area contributed by atoms with Crippen LogP contribution < -0.4 is 28.4 Å². The molecule has 2 aliphatic rings. The number of carbonyl (C=O) groups excluding carboxylic acids is 1. The van der Waals surface area contributed by atoms with Crippen molar-refractivity contribution < 1.29 is 22.2 Å². The smallest absolute Gasteiger partial charge is 0.348 e. The van der Waals surface area contributed by atoms with Gasteiger partial charge in [-0.3, -0.25) is 15.5 Å². The van der Waals surface area contributed by atoms with Crippen LogP contribution in [0.5, 0.6) is 0 Å². The molecule has 0 radical (unpaired) electrons. The van der Waals surface area contributed by atoms with Crippen LogP contribution in [-0.2, 0) is 4.79 Å². The molecule has 0 aromatic carbocycles. The van der Waals surface area contributed by atoms with Crippen molar-refractivity contribution in [3.8, 4) is 6.07 Å². The molecule has 0 saturated heterocycles. The average molecular weight is 257 g/mol. The molecule has 4 N–H and O–H groups in total. The minimum absolute atomic E-state index is 0. The number of nitrogens with one attached hydrogen (secondary N) is 2. The van der Waals surface area contributed by atoms with Gasteiger partial charge in [0.25, 0.3) is 0 Å². The van der Waals surface area contributed by atoms with E-state index in [1.807, 2.05) is 0 Å². The number of hydrogen-bond acceptors (Lipinski definition) is 3. The van der Waals surface area contributed by atoms with Crippen molar-refractivity contribution in [2.24, 2.45) is 17.6 Å². The highest BCUT2D eigenvalue weighted by atomic mass is 35.5. The highest BCUT2D eigenvalue weighted by molar-refractivity contribution is 5.97. The van der Waals surface area contributed by atoms with Gasteiger partial charge in [0, 0.05) is 0 Å². The largest absolute Gasteiger partial charge is 1.00 e. The highest BCUT2D eigenvalue weighted by Crippen LogP contribution is 2.34. The van der Waals surface area contributed by atoms with Gasteiger partial charge in [-0.15, -0.1) is 0 Å². The van der Waals surface area contributed by atoms with E-state index in [0.717, 1.165) is 25.7 Å². The van der Waals surface area contributed by atoms with Gasteiger partial charge < -0.3 is 12.4 Å². The predicted molar refractivity (Wildman–Crippen MR) is 57.8 cm³/mol. The van der Waals surface area contributed by atoms with Crippen LogP contribution in [0, 0.1) is 23.2 Å². The lowest BCUT2D eigenvalue weighted by molar-refractivity contribution is -0.571. The van der Waals surface area contributed by atoms with E-state index in [1.54, 1.807) is 0 Å². The van der Waals surface area contributed by atoms with Crippen LogP contribution in [0.25, 0.3) is 0 Å². The van der Waals surface area contributed by atoms with E-state index in [2.05, 4.69) is 23.3 Å². The van der Waals surface area contributed by atoms with Gasteiger partial charge in [-0.05, 0) is 31.6 Å². The number of amides is 1. The number of rotatable bonds is 0. The molecule has 94 valence electrons. The molecule has 0 bridgehead atoms. The van der Waals surface area contributed by atoms with Crippen molar-refractivity contribution >= 4 is 11.9 Å². The number of nitriles is 1. The maximum Gasteiger partial charge on any atom is 0.348 e. The zero-order chi connectivity index (χ0) is 11.8. The molecule has 1 fully saturated rings. The van der Waals surface area contributed by atoms with Crippen LogP contribution >= 0.6 is 0 Å². The van der Waals surface area contributed by atoms with E-state index in [1.165, 1.54) is 0 Å². The number of hydrogen-bond donors (Lipinski definition) is 3. The van der Waals surface area contributed by atoms with Crippen molar-refractivity contribution in [2.75, 3.05) is 0 Å². The lowest BCUT2D eigenvalue weighted by atomic mass is 9.70. The fourth-order valence-corrected chi connectivity index (χ4v) is 2.70. The van der Waals surface area contributed by atoms with Crippen LogP contribution in [0.3, 0.4) is 0 Å². The van der Waals surface area contributed by atoms with Crippen molar-refractivity contribution in [1.82, 2.24) is 5.32 Å². The second-order valence-electron chi connectivity index (χ2n) is 4.93. The summed E-state index contributed by atoms with van der Waals surface area (Å²) in [6.45, 7) is 2.20. The molecular formula is C11H17ClN4O. The number of halogens is 1. The third-order valence-electron chi connectivity index (χ3n) is 3.75. The minimum atomic E-state index is -0.632.